The fourth-order valence-corrected chi connectivity index (χ4v) is 2.83. The topological polar surface area (TPSA) is 71.5 Å². The molecule has 1 N–H and O–H groups in total. The van der Waals surface area contributed by atoms with Gasteiger partial charge >= 0.3 is 0 Å². The van der Waals surface area contributed by atoms with E-state index in [4.69, 9.17) is 4.74 Å². The summed E-state index contributed by atoms with van der Waals surface area (Å²) >= 11 is 0. The zero-order chi connectivity index (χ0) is 17.1. The molecule has 2 aromatic rings. The lowest BCUT2D eigenvalue weighted by atomic mass is 10.1. The lowest BCUT2D eigenvalue weighted by Crippen LogP contribution is -2.39. The lowest BCUT2D eigenvalue weighted by molar-refractivity contribution is -0.116. The smallest absolute Gasteiger partial charge is 0.264 e. The summed E-state index contributed by atoms with van der Waals surface area (Å²) in [4.78, 5) is 31.0. The van der Waals surface area contributed by atoms with Crippen LogP contribution in [0.15, 0.2) is 42.6 Å². The second kappa shape index (κ2) is 6.70. The van der Waals surface area contributed by atoms with E-state index in [0.29, 0.717) is 29.4 Å². The molecule has 0 aliphatic carbocycles. The minimum Gasteiger partial charge on any atom is -0.477 e. The van der Waals surface area contributed by atoms with Crippen molar-refractivity contribution in [3.05, 3.63) is 48.2 Å². The highest BCUT2D eigenvalue weighted by Crippen LogP contribution is 2.33. The van der Waals surface area contributed by atoms with Crippen molar-refractivity contribution in [1.82, 2.24) is 4.98 Å². The van der Waals surface area contributed by atoms with Crippen LogP contribution in [0.25, 0.3) is 0 Å². The van der Waals surface area contributed by atoms with Crippen molar-refractivity contribution in [2.45, 2.75) is 26.3 Å². The second-order valence-corrected chi connectivity index (χ2v) is 5.58. The number of rotatable bonds is 3. The summed E-state index contributed by atoms with van der Waals surface area (Å²) in [6.07, 6.45) is 1.82. The number of benzene rings is 1. The lowest BCUT2D eigenvalue weighted by Gasteiger charge is -2.28. The van der Waals surface area contributed by atoms with Gasteiger partial charge in [0.1, 0.15) is 5.56 Å². The van der Waals surface area contributed by atoms with Gasteiger partial charge in [0.2, 0.25) is 11.8 Å². The number of amides is 2. The normalized spacial score (nSPS) is 16.8. The SMILES string of the molecule is CCOc1ncccc1C(=O)N1c2ccccc2NC(=O)CC1C. The first-order chi connectivity index (χ1) is 11.6. The molecule has 6 heteroatoms. The standard InChI is InChI=1S/C18H19N3O3/c1-3-24-17-13(7-6-10-19-17)18(23)21-12(2)11-16(22)20-14-8-4-5-9-15(14)21/h4-10,12H,3,11H2,1-2H3,(H,20,22). The van der Waals surface area contributed by atoms with Gasteiger partial charge in [-0.25, -0.2) is 4.98 Å². The first kappa shape index (κ1) is 16.0. The van der Waals surface area contributed by atoms with Gasteiger partial charge in [0.15, 0.2) is 0 Å². The van der Waals surface area contributed by atoms with Gasteiger partial charge in [-0.15, -0.1) is 0 Å². The van der Waals surface area contributed by atoms with E-state index in [0.717, 1.165) is 0 Å². The van der Waals surface area contributed by atoms with E-state index in [2.05, 4.69) is 10.3 Å². The number of aromatic nitrogens is 1. The van der Waals surface area contributed by atoms with Gasteiger partial charge in [0, 0.05) is 18.7 Å². The summed E-state index contributed by atoms with van der Waals surface area (Å²) in [6, 6.07) is 10.4. The number of carbonyl (C=O) groups is 2. The third-order valence-electron chi connectivity index (χ3n) is 3.86. The van der Waals surface area contributed by atoms with Gasteiger partial charge in [-0.3, -0.25) is 9.59 Å². The number of nitrogens with zero attached hydrogens (tertiary/aromatic N) is 2. The van der Waals surface area contributed by atoms with Crippen molar-refractivity contribution in [2.24, 2.45) is 0 Å². The molecule has 1 aliphatic heterocycles. The molecule has 1 unspecified atom stereocenters. The van der Waals surface area contributed by atoms with E-state index in [1.54, 1.807) is 29.3 Å². The number of fused-ring (bicyclic) bond motifs is 1. The molecule has 0 radical (unpaired) electrons. The molecular formula is C18H19N3O3. The minimum absolute atomic E-state index is 0.110. The average molecular weight is 325 g/mol. The number of para-hydroxylation sites is 2. The number of carbonyl (C=O) groups excluding carboxylic acids is 2. The summed E-state index contributed by atoms with van der Waals surface area (Å²) < 4.78 is 5.48. The van der Waals surface area contributed by atoms with Crippen LogP contribution in [0.4, 0.5) is 11.4 Å². The fraction of sp³-hybridized carbons (Fsp3) is 0.278. The van der Waals surface area contributed by atoms with Crippen LogP contribution in [0.2, 0.25) is 0 Å². The molecule has 0 saturated heterocycles. The Morgan fingerprint density at radius 1 is 1.33 bits per heavy atom. The predicted molar refractivity (Wildman–Crippen MR) is 91.4 cm³/mol. The molecule has 1 aliphatic rings. The third-order valence-corrected chi connectivity index (χ3v) is 3.86. The summed E-state index contributed by atoms with van der Waals surface area (Å²) in [5.41, 5.74) is 1.68. The number of anilines is 2. The maximum absolute atomic E-state index is 13.2. The summed E-state index contributed by atoms with van der Waals surface area (Å²) in [7, 11) is 0. The summed E-state index contributed by atoms with van der Waals surface area (Å²) in [5, 5.41) is 2.85. The fourth-order valence-electron chi connectivity index (χ4n) is 2.83. The van der Waals surface area contributed by atoms with E-state index in [-0.39, 0.29) is 24.3 Å². The monoisotopic (exact) mass is 325 g/mol. The molecule has 24 heavy (non-hydrogen) atoms. The Morgan fingerprint density at radius 3 is 2.92 bits per heavy atom. The van der Waals surface area contributed by atoms with Crippen LogP contribution in [0.5, 0.6) is 5.88 Å². The Morgan fingerprint density at radius 2 is 2.12 bits per heavy atom. The molecule has 0 saturated carbocycles. The highest BCUT2D eigenvalue weighted by molar-refractivity contribution is 6.12. The highest BCUT2D eigenvalue weighted by atomic mass is 16.5. The van der Waals surface area contributed by atoms with Crippen molar-refractivity contribution in [1.29, 1.82) is 0 Å². The van der Waals surface area contributed by atoms with Crippen LogP contribution in [0, 0.1) is 0 Å². The predicted octanol–water partition coefficient (Wildman–Crippen LogP) is 2.86. The molecule has 2 amide bonds. The molecule has 0 spiro atoms. The second-order valence-electron chi connectivity index (χ2n) is 5.58. The van der Waals surface area contributed by atoms with Gasteiger partial charge < -0.3 is 15.0 Å². The average Bonchev–Trinajstić information content (AvgIpc) is 2.69. The molecular weight excluding hydrogens is 306 g/mol. The summed E-state index contributed by atoms with van der Waals surface area (Å²) in [5.74, 6) is -0.0392. The van der Waals surface area contributed by atoms with E-state index >= 15 is 0 Å². The number of hydrogen-bond donors (Lipinski definition) is 1. The molecule has 124 valence electrons. The van der Waals surface area contributed by atoms with Crippen molar-refractivity contribution in [3.8, 4) is 5.88 Å². The van der Waals surface area contributed by atoms with E-state index in [1.165, 1.54) is 0 Å². The van der Waals surface area contributed by atoms with Gasteiger partial charge in [0.05, 0.1) is 18.0 Å². The molecule has 1 aromatic carbocycles. The highest BCUT2D eigenvalue weighted by Gasteiger charge is 2.31. The maximum Gasteiger partial charge on any atom is 0.264 e. The number of ether oxygens (including phenoxy) is 1. The largest absolute Gasteiger partial charge is 0.477 e. The Hall–Kier alpha value is -2.89. The van der Waals surface area contributed by atoms with Gasteiger partial charge in [-0.1, -0.05) is 12.1 Å². The van der Waals surface area contributed by atoms with Crippen LogP contribution in [-0.2, 0) is 4.79 Å². The Kier molecular flexibility index (Phi) is 4.46. The van der Waals surface area contributed by atoms with Crippen LogP contribution in [0.3, 0.4) is 0 Å². The maximum atomic E-state index is 13.2. The van der Waals surface area contributed by atoms with Gasteiger partial charge in [-0.2, -0.15) is 0 Å². The first-order valence-electron chi connectivity index (χ1n) is 7.92. The molecule has 0 fully saturated rings. The van der Waals surface area contributed by atoms with Crippen LogP contribution >= 0.6 is 0 Å². The van der Waals surface area contributed by atoms with E-state index in [1.807, 2.05) is 32.0 Å². The third kappa shape index (κ3) is 2.95. The number of nitrogens with one attached hydrogen (secondary N) is 1. The molecule has 1 atom stereocenters. The summed E-state index contributed by atoms with van der Waals surface area (Å²) in [6.45, 7) is 4.12. The number of pyridine rings is 1. The Labute approximate surface area is 140 Å². The molecule has 3 rings (SSSR count). The van der Waals surface area contributed by atoms with Gasteiger partial charge in [-0.05, 0) is 38.1 Å². The molecule has 0 bridgehead atoms. The van der Waals surface area contributed by atoms with E-state index in [9.17, 15) is 9.59 Å². The van der Waals surface area contributed by atoms with Gasteiger partial charge in [0.25, 0.3) is 5.91 Å². The van der Waals surface area contributed by atoms with Crippen molar-refractivity contribution >= 4 is 23.2 Å². The van der Waals surface area contributed by atoms with Crippen molar-refractivity contribution in [3.63, 3.8) is 0 Å². The van der Waals surface area contributed by atoms with Crippen LogP contribution < -0.4 is 15.0 Å². The van der Waals surface area contributed by atoms with Crippen LogP contribution in [0.1, 0.15) is 30.6 Å². The van der Waals surface area contributed by atoms with Crippen LogP contribution in [-0.4, -0.2) is 29.4 Å². The molecule has 1 aromatic heterocycles. The molecule has 2 heterocycles. The van der Waals surface area contributed by atoms with E-state index < -0.39 is 0 Å². The zero-order valence-electron chi connectivity index (χ0n) is 13.7. The number of hydrogen-bond acceptors (Lipinski definition) is 4. The minimum atomic E-state index is -0.282. The molecule has 6 nitrogen and oxygen atoms in total. The van der Waals surface area contributed by atoms with Crippen molar-refractivity contribution in [2.75, 3.05) is 16.8 Å². The zero-order valence-corrected chi connectivity index (χ0v) is 13.7. The van der Waals surface area contributed by atoms with Crippen molar-refractivity contribution < 1.29 is 14.3 Å². The Bertz CT molecular complexity index is 776. The quantitative estimate of drug-likeness (QED) is 0.942. The first-order valence-corrected chi connectivity index (χ1v) is 7.92. The Balaban J connectivity index is 2.07.